The molecule has 96 valence electrons. The molecule has 1 aromatic heterocycles. The predicted molar refractivity (Wildman–Crippen MR) is 62.5 cm³/mol. The zero-order chi connectivity index (χ0) is 13.7. The van der Waals surface area contributed by atoms with E-state index in [0.717, 1.165) is 6.20 Å². The number of esters is 1. The van der Waals surface area contributed by atoms with Crippen LogP contribution < -0.4 is 0 Å². The lowest BCUT2D eigenvalue weighted by Gasteiger charge is -2.11. The Balaban J connectivity index is 3.49. The molecule has 0 N–H and O–H groups in total. The van der Waals surface area contributed by atoms with Crippen LogP contribution >= 0.6 is 15.9 Å². The number of ether oxygens (including phenoxy) is 1. The number of rotatable bonds is 4. The summed E-state index contributed by atoms with van der Waals surface area (Å²) in [6, 6.07) is 1.75. The fourth-order valence-corrected chi connectivity index (χ4v) is 1.79. The quantitative estimate of drug-likeness (QED) is 0.632. The van der Waals surface area contributed by atoms with Crippen LogP contribution in [0.5, 0.6) is 0 Å². The SMILES string of the molecule is CCOC(=O)c1c(C(F)F)ncc(CBr)c1C#N. The van der Waals surface area contributed by atoms with E-state index in [-0.39, 0.29) is 17.5 Å². The van der Waals surface area contributed by atoms with Gasteiger partial charge in [0.25, 0.3) is 6.43 Å². The molecule has 7 heteroatoms. The Labute approximate surface area is 111 Å². The molecule has 0 fully saturated rings. The number of alkyl halides is 3. The maximum Gasteiger partial charge on any atom is 0.341 e. The molecular weight excluding hydrogens is 310 g/mol. The van der Waals surface area contributed by atoms with E-state index in [2.05, 4.69) is 25.7 Å². The van der Waals surface area contributed by atoms with Crippen LogP contribution in [0.15, 0.2) is 6.20 Å². The number of nitrogens with zero attached hydrogens (tertiary/aromatic N) is 2. The van der Waals surface area contributed by atoms with Crippen LogP contribution in [0, 0.1) is 11.3 Å². The molecule has 0 saturated carbocycles. The van der Waals surface area contributed by atoms with Gasteiger partial charge in [-0.05, 0) is 12.5 Å². The van der Waals surface area contributed by atoms with Crippen molar-refractivity contribution in [2.24, 2.45) is 0 Å². The average molecular weight is 319 g/mol. The molecule has 18 heavy (non-hydrogen) atoms. The molecule has 0 spiro atoms. The summed E-state index contributed by atoms with van der Waals surface area (Å²) in [5.41, 5.74) is -0.943. The Morgan fingerprint density at radius 1 is 1.67 bits per heavy atom. The van der Waals surface area contributed by atoms with E-state index >= 15 is 0 Å². The normalized spacial score (nSPS) is 10.2. The largest absolute Gasteiger partial charge is 0.462 e. The molecule has 1 rings (SSSR count). The van der Waals surface area contributed by atoms with Gasteiger partial charge < -0.3 is 4.74 Å². The van der Waals surface area contributed by atoms with Gasteiger partial charge >= 0.3 is 5.97 Å². The van der Waals surface area contributed by atoms with Gasteiger partial charge in [0.1, 0.15) is 17.3 Å². The third-order valence-electron chi connectivity index (χ3n) is 2.13. The van der Waals surface area contributed by atoms with Crippen LogP contribution in [-0.4, -0.2) is 17.6 Å². The smallest absolute Gasteiger partial charge is 0.341 e. The highest BCUT2D eigenvalue weighted by atomic mass is 79.9. The molecule has 0 radical (unpaired) electrons. The zero-order valence-corrected chi connectivity index (χ0v) is 11.0. The van der Waals surface area contributed by atoms with Gasteiger partial charge in [-0.25, -0.2) is 13.6 Å². The highest BCUT2D eigenvalue weighted by molar-refractivity contribution is 9.08. The van der Waals surface area contributed by atoms with Crippen molar-refractivity contribution in [2.75, 3.05) is 6.61 Å². The van der Waals surface area contributed by atoms with Crippen LogP contribution in [0.3, 0.4) is 0 Å². The van der Waals surface area contributed by atoms with Crippen LogP contribution in [-0.2, 0) is 10.1 Å². The van der Waals surface area contributed by atoms with E-state index in [0.29, 0.717) is 5.56 Å². The number of pyridine rings is 1. The Morgan fingerprint density at radius 3 is 2.78 bits per heavy atom. The van der Waals surface area contributed by atoms with Crippen molar-refractivity contribution in [1.29, 1.82) is 5.26 Å². The van der Waals surface area contributed by atoms with Gasteiger partial charge in [0, 0.05) is 11.5 Å². The van der Waals surface area contributed by atoms with Crippen molar-refractivity contribution >= 4 is 21.9 Å². The number of halogens is 3. The van der Waals surface area contributed by atoms with Crippen molar-refractivity contribution in [3.05, 3.63) is 28.6 Å². The second-order valence-electron chi connectivity index (χ2n) is 3.19. The minimum absolute atomic E-state index is 0.0327. The topological polar surface area (TPSA) is 63.0 Å². The number of aromatic nitrogens is 1. The van der Waals surface area contributed by atoms with Gasteiger partial charge in [-0.15, -0.1) is 0 Å². The van der Waals surface area contributed by atoms with Crippen molar-refractivity contribution in [2.45, 2.75) is 18.7 Å². The second kappa shape index (κ2) is 6.40. The molecule has 4 nitrogen and oxygen atoms in total. The number of nitriles is 1. The molecular formula is C11H9BrF2N2O2. The van der Waals surface area contributed by atoms with Gasteiger partial charge in [0.05, 0.1) is 12.2 Å². The number of hydrogen-bond donors (Lipinski definition) is 0. The highest BCUT2D eigenvalue weighted by Gasteiger charge is 2.26. The van der Waals surface area contributed by atoms with Crippen molar-refractivity contribution in [3.8, 4) is 6.07 Å². The summed E-state index contributed by atoms with van der Waals surface area (Å²) >= 11 is 3.10. The van der Waals surface area contributed by atoms with Gasteiger partial charge in [0.15, 0.2) is 0 Å². The van der Waals surface area contributed by atoms with E-state index in [4.69, 9.17) is 5.26 Å². The highest BCUT2D eigenvalue weighted by Crippen LogP contribution is 2.26. The molecule has 0 aromatic carbocycles. The van der Waals surface area contributed by atoms with E-state index < -0.39 is 23.7 Å². The Kier molecular flexibility index (Phi) is 5.16. The summed E-state index contributed by atoms with van der Waals surface area (Å²) < 4.78 is 30.3. The van der Waals surface area contributed by atoms with Crippen molar-refractivity contribution in [1.82, 2.24) is 4.98 Å². The van der Waals surface area contributed by atoms with Gasteiger partial charge in [-0.2, -0.15) is 5.26 Å². The first-order valence-electron chi connectivity index (χ1n) is 4.99. The lowest BCUT2D eigenvalue weighted by Crippen LogP contribution is -2.14. The Bertz CT molecular complexity index is 501. The van der Waals surface area contributed by atoms with Gasteiger partial charge in [0.2, 0.25) is 0 Å². The third-order valence-corrected chi connectivity index (χ3v) is 2.73. The van der Waals surface area contributed by atoms with Crippen molar-refractivity contribution in [3.63, 3.8) is 0 Å². The standard InChI is InChI=1S/C11H9BrF2N2O2/c1-2-18-11(17)8-7(4-15)6(3-12)5-16-9(8)10(13)14/h5,10H,2-3H2,1H3. The molecule has 0 atom stereocenters. The fraction of sp³-hybridized carbons (Fsp3) is 0.364. The van der Waals surface area contributed by atoms with E-state index in [1.165, 1.54) is 0 Å². The Hall–Kier alpha value is -1.55. The molecule has 0 aliphatic rings. The summed E-state index contributed by atoms with van der Waals surface area (Å²) in [6.07, 6.45) is -1.79. The molecule has 1 aromatic rings. The minimum atomic E-state index is -2.94. The lowest BCUT2D eigenvalue weighted by molar-refractivity contribution is 0.0513. The van der Waals surface area contributed by atoms with Crippen LogP contribution in [0.2, 0.25) is 0 Å². The fourth-order valence-electron chi connectivity index (χ4n) is 1.37. The Morgan fingerprint density at radius 2 is 2.33 bits per heavy atom. The lowest BCUT2D eigenvalue weighted by atomic mass is 10.0. The zero-order valence-electron chi connectivity index (χ0n) is 9.41. The molecule has 1 heterocycles. The summed E-state index contributed by atoms with van der Waals surface area (Å²) in [6.45, 7) is 1.58. The molecule has 0 amide bonds. The number of hydrogen-bond acceptors (Lipinski definition) is 4. The number of carbonyl (C=O) groups is 1. The van der Waals surface area contributed by atoms with Gasteiger partial charge in [-0.3, -0.25) is 4.98 Å². The summed E-state index contributed by atoms with van der Waals surface area (Å²) in [5, 5.41) is 9.24. The maximum absolute atomic E-state index is 12.8. The first-order chi connectivity index (χ1) is 8.56. The molecule has 0 bridgehead atoms. The van der Waals surface area contributed by atoms with Crippen LogP contribution in [0.25, 0.3) is 0 Å². The molecule has 0 unspecified atom stereocenters. The van der Waals surface area contributed by atoms with Crippen LogP contribution in [0.4, 0.5) is 8.78 Å². The second-order valence-corrected chi connectivity index (χ2v) is 3.75. The maximum atomic E-state index is 12.8. The van der Waals surface area contributed by atoms with Crippen molar-refractivity contribution < 1.29 is 18.3 Å². The average Bonchev–Trinajstić information content (AvgIpc) is 2.36. The summed E-state index contributed by atoms with van der Waals surface area (Å²) in [5.74, 6) is -0.959. The molecule has 0 aliphatic carbocycles. The molecule has 0 saturated heterocycles. The monoisotopic (exact) mass is 318 g/mol. The summed E-state index contributed by atoms with van der Waals surface area (Å²) in [4.78, 5) is 15.2. The minimum Gasteiger partial charge on any atom is -0.462 e. The third kappa shape index (κ3) is 2.82. The van der Waals surface area contributed by atoms with E-state index in [1.54, 1.807) is 13.0 Å². The first-order valence-corrected chi connectivity index (χ1v) is 6.12. The molecule has 0 aliphatic heterocycles. The van der Waals surface area contributed by atoms with Crippen LogP contribution in [0.1, 0.15) is 40.5 Å². The van der Waals surface area contributed by atoms with E-state index in [1.807, 2.05) is 0 Å². The number of carbonyl (C=O) groups excluding carboxylic acids is 1. The first kappa shape index (κ1) is 14.5. The summed E-state index contributed by atoms with van der Waals surface area (Å²) in [7, 11) is 0. The predicted octanol–water partition coefficient (Wildman–Crippen LogP) is 2.96. The van der Waals surface area contributed by atoms with E-state index in [9.17, 15) is 13.6 Å². The van der Waals surface area contributed by atoms with Gasteiger partial charge in [-0.1, -0.05) is 15.9 Å².